The van der Waals surface area contributed by atoms with E-state index in [2.05, 4.69) is 66.0 Å². The van der Waals surface area contributed by atoms with Crippen molar-refractivity contribution in [2.45, 2.75) is 37.6 Å². The maximum absolute atomic E-state index is 5.48. The number of nitrogens with one attached hydrogen (secondary N) is 1. The molecule has 4 heteroatoms. The Hall–Kier alpha value is -2.98. The van der Waals surface area contributed by atoms with Crippen molar-refractivity contribution in [3.8, 4) is 17.2 Å². The third-order valence-electron chi connectivity index (χ3n) is 6.53. The van der Waals surface area contributed by atoms with Crippen LogP contribution in [-0.4, -0.2) is 33.9 Å². The van der Waals surface area contributed by atoms with Crippen molar-refractivity contribution in [3.05, 3.63) is 89.0 Å². The van der Waals surface area contributed by atoms with E-state index in [4.69, 9.17) is 14.2 Å². The SMILES string of the molecule is COc1ccc2c(c1)CC[C@@H](NCCc1ccc(OC)c(OC)c1)[C@H]2Cc1ccccc1. The predicted octanol–water partition coefficient (Wildman–Crippen LogP) is 5.19. The molecule has 32 heavy (non-hydrogen) atoms. The van der Waals surface area contributed by atoms with Gasteiger partial charge in [-0.1, -0.05) is 42.5 Å². The van der Waals surface area contributed by atoms with Gasteiger partial charge in [0.15, 0.2) is 11.5 Å². The number of ether oxygens (including phenoxy) is 3. The highest BCUT2D eigenvalue weighted by Crippen LogP contribution is 2.36. The fraction of sp³-hybridized carbons (Fsp3) is 0.357. The van der Waals surface area contributed by atoms with Crippen LogP contribution in [0.3, 0.4) is 0 Å². The summed E-state index contributed by atoms with van der Waals surface area (Å²) < 4.78 is 16.3. The Morgan fingerprint density at radius 3 is 2.38 bits per heavy atom. The summed E-state index contributed by atoms with van der Waals surface area (Å²) in [6, 6.07) is 24.0. The summed E-state index contributed by atoms with van der Waals surface area (Å²) in [7, 11) is 5.09. The Morgan fingerprint density at radius 2 is 1.62 bits per heavy atom. The fourth-order valence-electron chi connectivity index (χ4n) is 4.82. The van der Waals surface area contributed by atoms with Gasteiger partial charge in [0.25, 0.3) is 0 Å². The zero-order chi connectivity index (χ0) is 22.3. The summed E-state index contributed by atoms with van der Waals surface area (Å²) in [5.41, 5.74) is 5.50. The molecular formula is C28H33NO3. The van der Waals surface area contributed by atoms with Crippen LogP contribution in [0.25, 0.3) is 0 Å². The first-order chi connectivity index (χ1) is 15.7. The molecule has 0 unspecified atom stereocenters. The molecule has 0 aliphatic heterocycles. The van der Waals surface area contributed by atoms with E-state index in [1.54, 1.807) is 21.3 Å². The average Bonchev–Trinajstić information content (AvgIpc) is 2.85. The van der Waals surface area contributed by atoms with Crippen LogP contribution >= 0.6 is 0 Å². The van der Waals surface area contributed by atoms with E-state index in [1.165, 1.54) is 22.3 Å². The molecule has 3 aromatic carbocycles. The van der Waals surface area contributed by atoms with Crippen LogP contribution in [0.5, 0.6) is 17.2 Å². The van der Waals surface area contributed by atoms with Gasteiger partial charge in [0, 0.05) is 12.0 Å². The van der Waals surface area contributed by atoms with Gasteiger partial charge in [0.05, 0.1) is 21.3 Å². The van der Waals surface area contributed by atoms with Gasteiger partial charge in [-0.25, -0.2) is 0 Å². The summed E-state index contributed by atoms with van der Waals surface area (Å²) in [6.45, 7) is 0.928. The zero-order valence-corrected chi connectivity index (χ0v) is 19.3. The molecular weight excluding hydrogens is 398 g/mol. The van der Waals surface area contributed by atoms with Gasteiger partial charge >= 0.3 is 0 Å². The van der Waals surface area contributed by atoms with E-state index in [0.29, 0.717) is 12.0 Å². The third kappa shape index (κ3) is 5.08. The second kappa shape index (κ2) is 10.6. The second-order valence-electron chi connectivity index (χ2n) is 8.40. The van der Waals surface area contributed by atoms with Gasteiger partial charge in [-0.3, -0.25) is 0 Å². The van der Waals surface area contributed by atoms with Gasteiger partial charge in [-0.05, 0) is 78.7 Å². The van der Waals surface area contributed by atoms with Crippen LogP contribution in [0, 0.1) is 0 Å². The molecule has 2 atom stereocenters. The molecule has 0 bridgehead atoms. The molecule has 0 aromatic heterocycles. The van der Waals surface area contributed by atoms with E-state index in [-0.39, 0.29) is 0 Å². The molecule has 0 amide bonds. The highest BCUT2D eigenvalue weighted by atomic mass is 16.5. The molecule has 0 radical (unpaired) electrons. The number of hydrogen-bond donors (Lipinski definition) is 1. The molecule has 0 spiro atoms. The minimum Gasteiger partial charge on any atom is -0.497 e. The molecule has 0 saturated carbocycles. The molecule has 168 valence electrons. The standard InChI is InChI=1S/C28H33NO3/c1-30-23-11-12-24-22(19-23)10-13-26(25(24)17-20-7-5-4-6-8-20)29-16-15-21-9-14-27(31-2)28(18-21)32-3/h4-9,11-12,14,18-19,25-26,29H,10,13,15-17H2,1-3H3/t25-,26+/m0/s1. The minimum absolute atomic E-state index is 0.441. The zero-order valence-electron chi connectivity index (χ0n) is 19.3. The lowest BCUT2D eigenvalue weighted by molar-refractivity contribution is 0.354. The maximum atomic E-state index is 5.48. The Morgan fingerprint density at radius 1 is 0.812 bits per heavy atom. The topological polar surface area (TPSA) is 39.7 Å². The molecule has 4 rings (SSSR count). The molecule has 1 aliphatic carbocycles. The lowest BCUT2D eigenvalue weighted by Crippen LogP contribution is -2.40. The smallest absolute Gasteiger partial charge is 0.160 e. The van der Waals surface area contributed by atoms with Crippen LogP contribution in [0.1, 0.15) is 34.6 Å². The molecule has 1 aliphatic rings. The summed E-state index contributed by atoms with van der Waals surface area (Å²) in [6.07, 6.45) is 4.19. The first-order valence-corrected chi connectivity index (χ1v) is 11.4. The number of aryl methyl sites for hydroxylation is 1. The van der Waals surface area contributed by atoms with Crippen molar-refractivity contribution in [1.29, 1.82) is 0 Å². The third-order valence-corrected chi connectivity index (χ3v) is 6.53. The van der Waals surface area contributed by atoms with Crippen LogP contribution in [0.2, 0.25) is 0 Å². The van der Waals surface area contributed by atoms with Gasteiger partial charge in [0.1, 0.15) is 5.75 Å². The van der Waals surface area contributed by atoms with E-state index in [1.807, 2.05) is 6.07 Å². The fourth-order valence-corrected chi connectivity index (χ4v) is 4.82. The molecule has 0 heterocycles. The summed E-state index contributed by atoms with van der Waals surface area (Å²) in [5, 5.41) is 3.87. The largest absolute Gasteiger partial charge is 0.497 e. The van der Waals surface area contributed by atoms with Crippen LogP contribution in [-0.2, 0) is 19.3 Å². The highest BCUT2D eigenvalue weighted by molar-refractivity contribution is 5.43. The Labute approximate surface area is 191 Å². The van der Waals surface area contributed by atoms with E-state index < -0.39 is 0 Å². The van der Waals surface area contributed by atoms with Crippen molar-refractivity contribution >= 4 is 0 Å². The van der Waals surface area contributed by atoms with Gasteiger partial charge in [-0.2, -0.15) is 0 Å². The minimum atomic E-state index is 0.441. The van der Waals surface area contributed by atoms with Crippen molar-refractivity contribution in [2.24, 2.45) is 0 Å². The van der Waals surface area contributed by atoms with Crippen molar-refractivity contribution in [1.82, 2.24) is 5.32 Å². The van der Waals surface area contributed by atoms with Crippen LogP contribution < -0.4 is 19.5 Å². The number of benzene rings is 3. The molecule has 4 nitrogen and oxygen atoms in total. The van der Waals surface area contributed by atoms with Crippen molar-refractivity contribution in [3.63, 3.8) is 0 Å². The Bertz CT molecular complexity index is 1020. The quantitative estimate of drug-likeness (QED) is 0.506. The summed E-state index contributed by atoms with van der Waals surface area (Å²) >= 11 is 0. The van der Waals surface area contributed by atoms with E-state index >= 15 is 0 Å². The summed E-state index contributed by atoms with van der Waals surface area (Å²) in [5.74, 6) is 2.94. The number of methoxy groups -OCH3 is 3. The second-order valence-corrected chi connectivity index (χ2v) is 8.40. The van der Waals surface area contributed by atoms with E-state index in [9.17, 15) is 0 Å². The van der Waals surface area contributed by atoms with Crippen molar-refractivity contribution < 1.29 is 14.2 Å². The van der Waals surface area contributed by atoms with Gasteiger partial charge < -0.3 is 19.5 Å². The van der Waals surface area contributed by atoms with Gasteiger partial charge in [-0.15, -0.1) is 0 Å². The first kappa shape index (κ1) is 22.2. The maximum Gasteiger partial charge on any atom is 0.160 e. The molecule has 0 saturated heterocycles. The number of rotatable bonds is 9. The number of hydrogen-bond acceptors (Lipinski definition) is 4. The van der Waals surface area contributed by atoms with Gasteiger partial charge in [0.2, 0.25) is 0 Å². The van der Waals surface area contributed by atoms with E-state index in [0.717, 1.165) is 49.5 Å². The first-order valence-electron chi connectivity index (χ1n) is 11.4. The Balaban J connectivity index is 1.48. The molecule has 0 fully saturated rings. The predicted molar refractivity (Wildman–Crippen MR) is 129 cm³/mol. The van der Waals surface area contributed by atoms with Crippen LogP contribution in [0.15, 0.2) is 66.7 Å². The van der Waals surface area contributed by atoms with Crippen molar-refractivity contribution in [2.75, 3.05) is 27.9 Å². The normalized spacial score (nSPS) is 17.5. The summed E-state index contributed by atoms with van der Waals surface area (Å²) in [4.78, 5) is 0. The molecule has 1 N–H and O–H groups in total. The average molecular weight is 432 g/mol. The lowest BCUT2D eigenvalue weighted by atomic mass is 9.76. The lowest BCUT2D eigenvalue weighted by Gasteiger charge is -2.35. The monoisotopic (exact) mass is 431 g/mol. The van der Waals surface area contributed by atoms with Crippen LogP contribution in [0.4, 0.5) is 0 Å². The highest BCUT2D eigenvalue weighted by Gasteiger charge is 2.29. The number of fused-ring (bicyclic) bond motifs is 1. The Kier molecular flexibility index (Phi) is 7.33. The molecule has 3 aromatic rings.